The number of rotatable bonds is 8. The van der Waals surface area contributed by atoms with Crippen molar-refractivity contribution in [2.24, 2.45) is 0 Å². The fourth-order valence-electron chi connectivity index (χ4n) is 4.31. The van der Waals surface area contributed by atoms with Gasteiger partial charge in [0.2, 0.25) is 11.8 Å². The third kappa shape index (κ3) is 6.13. The summed E-state index contributed by atoms with van der Waals surface area (Å²) in [6.07, 6.45) is 2.83. The van der Waals surface area contributed by atoms with Crippen LogP contribution in [0.1, 0.15) is 11.1 Å². The van der Waals surface area contributed by atoms with Crippen molar-refractivity contribution in [1.82, 2.24) is 19.9 Å². The zero-order chi connectivity index (χ0) is 26.3. The average Bonchev–Trinajstić information content (AvgIpc) is 2.95. The van der Waals surface area contributed by atoms with Gasteiger partial charge in [0.25, 0.3) is 5.91 Å². The lowest BCUT2D eigenvalue weighted by Crippen LogP contribution is -2.47. The van der Waals surface area contributed by atoms with E-state index >= 15 is 0 Å². The first-order valence-corrected chi connectivity index (χ1v) is 12.5. The molecule has 0 unspecified atom stereocenters. The van der Waals surface area contributed by atoms with E-state index in [4.69, 9.17) is 9.47 Å². The molecule has 2 N–H and O–H groups in total. The van der Waals surface area contributed by atoms with Crippen molar-refractivity contribution in [2.45, 2.75) is 19.6 Å². The van der Waals surface area contributed by atoms with Gasteiger partial charge in [-0.25, -0.2) is 15.0 Å². The van der Waals surface area contributed by atoms with Crippen molar-refractivity contribution in [3.05, 3.63) is 90.3 Å². The Morgan fingerprint density at radius 1 is 1.08 bits per heavy atom. The van der Waals surface area contributed by atoms with Crippen LogP contribution in [-0.2, 0) is 16.1 Å². The van der Waals surface area contributed by atoms with E-state index in [-0.39, 0.29) is 5.91 Å². The summed E-state index contributed by atoms with van der Waals surface area (Å²) in [4.78, 5) is 28.3. The van der Waals surface area contributed by atoms with Gasteiger partial charge in [-0.15, -0.1) is 0 Å². The standard InChI is InChI=1S/C29H30N6O3/c1-20-17-22(33-27(36)26-19-35(15-16-37-26)18-21-7-4-3-5-8-21)10-11-25(20)38-28-23(9-6-13-31-28)24-12-14-32-29(30-2)34-24/h3-14,17,26H,15-16,18-19H2,1-2H3,(H,33,36)(H,30,32,34)/t26-/m0/s1. The van der Waals surface area contributed by atoms with Gasteiger partial charge in [0.05, 0.1) is 17.9 Å². The maximum atomic E-state index is 13.0. The molecule has 0 saturated carbocycles. The Hall–Kier alpha value is -4.34. The van der Waals surface area contributed by atoms with Crippen LogP contribution >= 0.6 is 0 Å². The van der Waals surface area contributed by atoms with E-state index in [1.165, 1.54) is 5.56 Å². The summed E-state index contributed by atoms with van der Waals surface area (Å²) < 4.78 is 12.0. The van der Waals surface area contributed by atoms with Gasteiger partial charge in [-0.2, -0.15) is 0 Å². The monoisotopic (exact) mass is 510 g/mol. The highest BCUT2D eigenvalue weighted by molar-refractivity contribution is 5.94. The summed E-state index contributed by atoms with van der Waals surface area (Å²) in [6.45, 7) is 4.58. The number of anilines is 2. The van der Waals surface area contributed by atoms with Gasteiger partial charge in [-0.1, -0.05) is 30.3 Å². The minimum absolute atomic E-state index is 0.160. The number of carbonyl (C=O) groups is 1. The van der Waals surface area contributed by atoms with Crippen LogP contribution < -0.4 is 15.4 Å². The number of hydrogen-bond acceptors (Lipinski definition) is 8. The molecule has 2 aromatic heterocycles. The molecule has 2 aromatic carbocycles. The molecule has 0 bridgehead atoms. The zero-order valence-corrected chi connectivity index (χ0v) is 21.4. The molecule has 1 amide bonds. The van der Waals surface area contributed by atoms with E-state index < -0.39 is 6.10 Å². The third-order valence-electron chi connectivity index (χ3n) is 6.27. The molecule has 0 spiro atoms. The van der Waals surface area contributed by atoms with Crippen LogP contribution in [0.4, 0.5) is 11.6 Å². The summed E-state index contributed by atoms with van der Waals surface area (Å²) in [6, 6.07) is 21.3. The van der Waals surface area contributed by atoms with Crippen LogP contribution in [-0.4, -0.2) is 58.6 Å². The Balaban J connectivity index is 1.24. The molecule has 1 aliphatic rings. The molecule has 1 fully saturated rings. The molecule has 3 heterocycles. The number of ether oxygens (including phenoxy) is 2. The highest BCUT2D eigenvalue weighted by Gasteiger charge is 2.27. The lowest BCUT2D eigenvalue weighted by molar-refractivity contribution is -0.133. The molecule has 4 aromatic rings. The Morgan fingerprint density at radius 2 is 1.95 bits per heavy atom. The van der Waals surface area contributed by atoms with Gasteiger partial charge < -0.3 is 20.1 Å². The lowest BCUT2D eigenvalue weighted by atomic mass is 10.1. The number of nitrogens with zero attached hydrogens (tertiary/aromatic N) is 4. The fourth-order valence-corrected chi connectivity index (χ4v) is 4.31. The van der Waals surface area contributed by atoms with E-state index in [0.29, 0.717) is 42.1 Å². The van der Waals surface area contributed by atoms with E-state index in [1.807, 2.05) is 61.5 Å². The fraction of sp³-hybridized carbons (Fsp3) is 0.241. The number of benzene rings is 2. The van der Waals surface area contributed by atoms with Crippen molar-refractivity contribution in [2.75, 3.05) is 37.4 Å². The first-order valence-electron chi connectivity index (χ1n) is 12.5. The molecule has 0 radical (unpaired) electrons. The van der Waals surface area contributed by atoms with Crippen LogP contribution in [0.15, 0.2) is 79.1 Å². The molecule has 1 atom stereocenters. The molecule has 1 saturated heterocycles. The Labute approximate surface area is 221 Å². The van der Waals surface area contributed by atoms with Crippen LogP contribution in [0.5, 0.6) is 11.6 Å². The largest absolute Gasteiger partial charge is 0.438 e. The minimum Gasteiger partial charge on any atom is -0.438 e. The van der Waals surface area contributed by atoms with Gasteiger partial charge in [0.15, 0.2) is 0 Å². The van der Waals surface area contributed by atoms with E-state index in [0.717, 1.165) is 24.2 Å². The lowest BCUT2D eigenvalue weighted by Gasteiger charge is -2.32. The molecular weight excluding hydrogens is 480 g/mol. The van der Waals surface area contributed by atoms with Gasteiger partial charge in [0, 0.05) is 44.8 Å². The van der Waals surface area contributed by atoms with Crippen molar-refractivity contribution >= 4 is 17.5 Å². The summed E-state index contributed by atoms with van der Waals surface area (Å²) in [5.74, 6) is 1.42. The van der Waals surface area contributed by atoms with E-state index in [2.05, 4.69) is 42.6 Å². The Bertz CT molecular complexity index is 1400. The Morgan fingerprint density at radius 3 is 2.76 bits per heavy atom. The molecule has 9 heteroatoms. The van der Waals surface area contributed by atoms with Crippen molar-refractivity contribution < 1.29 is 14.3 Å². The van der Waals surface area contributed by atoms with Gasteiger partial charge in [-0.05, 0) is 54.4 Å². The second-order valence-electron chi connectivity index (χ2n) is 9.02. The highest BCUT2D eigenvalue weighted by Crippen LogP contribution is 2.33. The number of amides is 1. The summed E-state index contributed by atoms with van der Waals surface area (Å²) in [5.41, 5.74) is 4.20. The molecule has 0 aliphatic carbocycles. The molecule has 194 valence electrons. The average molecular weight is 511 g/mol. The zero-order valence-electron chi connectivity index (χ0n) is 21.4. The number of aryl methyl sites for hydroxylation is 1. The van der Waals surface area contributed by atoms with Crippen molar-refractivity contribution in [3.8, 4) is 22.9 Å². The number of hydrogen-bond donors (Lipinski definition) is 2. The van der Waals surface area contributed by atoms with Crippen molar-refractivity contribution in [1.29, 1.82) is 0 Å². The molecule has 1 aliphatic heterocycles. The second-order valence-corrected chi connectivity index (χ2v) is 9.02. The first-order chi connectivity index (χ1) is 18.6. The van der Waals surface area contributed by atoms with E-state index in [9.17, 15) is 4.79 Å². The molecular formula is C29H30N6O3. The Kier molecular flexibility index (Phi) is 7.86. The van der Waals surface area contributed by atoms with Gasteiger partial charge in [0.1, 0.15) is 11.9 Å². The number of nitrogens with one attached hydrogen (secondary N) is 2. The summed E-state index contributed by atoms with van der Waals surface area (Å²) in [7, 11) is 1.77. The predicted octanol–water partition coefficient (Wildman–Crippen LogP) is 4.52. The molecule has 38 heavy (non-hydrogen) atoms. The van der Waals surface area contributed by atoms with Gasteiger partial charge >= 0.3 is 0 Å². The first kappa shape index (κ1) is 25.3. The van der Waals surface area contributed by atoms with E-state index in [1.54, 1.807) is 19.4 Å². The molecule has 9 nitrogen and oxygen atoms in total. The number of carbonyl (C=O) groups excluding carboxylic acids is 1. The topological polar surface area (TPSA) is 102 Å². The maximum Gasteiger partial charge on any atom is 0.254 e. The SMILES string of the molecule is CNc1nccc(-c2cccnc2Oc2ccc(NC(=O)[C@@H]3CN(Cc4ccccc4)CCO3)cc2C)n1. The van der Waals surface area contributed by atoms with Crippen LogP contribution in [0.2, 0.25) is 0 Å². The number of pyridine rings is 1. The minimum atomic E-state index is -0.532. The van der Waals surface area contributed by atoms with Crippen molar-refractivity contribution in [3.63, 3.8) is 0 Å². The maximum absolute atomic E-state index is 13.0. The number of morpholine rings is 1. The normalized spacial score (nSPS) is 15.6. The smallest absolute Gasteiger partial charge is 0.254 e. The second kappa shape index (κ2) is 11.8. The van der Waals surface area contributed by atoms with Crippen LogP contribution in [0, 0.1) is 6.92 Å². The van der Waals surface area contributed by atoms with Gasteiger partial charge in [-0.3, -0.25) is 9.69 Å². The summed E-state index contributed by atoms with van der Waals surface area (Å²) >= 11 is 0. The quantitative estimate of drug-likeness (QED) is 0.357. The number of aromatic nitrogens is 3. The van der Waals surface area contributed by atoms with Crippen LogP contribution in [0.25, 0.3) is 11.3 Å². The summed E-state index contributed by atoms with van der Waals surface area (Å²) in [5, 5.41) is 5.94. The molecule has 5 rings (SSSR count). The predicted molar refractivity (Wildman–Crippen MR) is 146 cm³/mol. The highest BCUT2D eigenvalue weighted by atomic mass is 16.5. The van der Waals surface area contributed by atoms with Crippen LogP contribution in [0.3, 0.4) is 0 Å². The third-order valence-corrected chi connectivity index (χ3v) is 6.27.